The molecule has 0 fully saturated rings. The first-order valence-corrected chi connectivity index (χ1v) is 11.8. The van der Waals surface area contributed by atoms with E-state index in [-0.39, 0.29) is 15.7 Å². The lowest BCUT2D eigenvalue weighted by atomic mass is 9.94. The van der Waals surface area contributed by atoms with Gasteiger partial charge in [-0.25, -0.2) is 16.8 Å². The Morgan fingerprint density at radius 3 is 1.62 bits per heavy atom. The molecule has 1 unspecified atom stereocenters. The van der Waals surface area contributed by atoms with Crippen LogP contribution in [-0.2, 0) is 24.5 Å². The van der Waals surface area contributed by atoms with E-state index in [2.05, 4.69) is 0 Å². The molecule has 2 rings (SSSR count). The summed E-state index contributed by atoms with van der Waals surface area (Å²) in [5.74, 6) is 0.216. The zero-order valence-electron chi connectivity index (χ0n) is 12.8. The molecule has 0 bridgehead atoms. The largest absolute Gasteiger partial charge is 0.261 e. The molecule has 24 heavy (non-hydrogen) atoms. The van der Waals surface area contributed by atoms with Gasteiger partial charge in [0.25, 0.3) is 18.1 Å². The molecule has 8 heteroatoms. The summed E-state index contributed by atoms with van der Waals surface area (Å²) in [5, 5.41) is 0. The normalized spacial score (nSPS) is 13.6. The number of benzene rings is 2. The van der Waals surface area contributed by atoms with Crippen molar-refractivity contribution in [3.05, 3.63) is 59.7 Å². The van der Waals surface area contributed by atoms with Crippen LogP contribution in [0.25, 0.3) is 0 Å². The lowest BCUT2D eigenvalue weighted by Gasteiger charge is -2.12. The van der Waals surface area contributed by atoms with E-state index in [0.717, 1.165) is 24.0 Å². The highest BCUT2D eigenvalue weighted by molar-refractivity contribution is 8.14. The second kappa shape index (κ2) is 7.44. The van der Waals surface area contributed by atoms with Crippen molar-refractivity contribution >= 4 is 39.5 Å². The van der Waals surface area contributed by atoms with Crippen molar-refractivity contribution in [2.75, 3.05) is 0 Å². The van der Waals surface area contributed by atoms with E-state index < -0.39 is 18.1 Å². The van der Waals surface area contributed by atoms with Crippen molar-refractivity contribution in [1.29, 1.82) is 0 Å². The predicted octanol–water partition coefficient (Wildman–Crippen LogP) is 4.28. The van der Waals surface area contributed by atoms with Crippen LogP contribution in [0.4, 0.5) is 0 Å². The standard InChI is InChI=1S/C16H16Cl2O4S2/c1-12(14-6-10-16(11-7-14)24(18,21)22)2-3-13-4-8-15(9-5-13)23(17,19)20/h4-12H,2-3H2,1H3. The molecule has 0 heterocycles. The molecule has 0 amide bonds. The zero-order chi connectivity index (χ0) is 18.0. The van der Waals surface area contributed by atoms with Gasteiger partial charge in [0, 0.05) is 21.4 Å². The van der Waals surface area contributed by atoms with Crippen molar-refractivity contribution in [2.45, 2.75) is 35.5 Å². The molecule has 4 nitrogen and oxygen atoms in total. The van der Waals surface area contributed by atoms with Gasteiger partial charge in [-0.05, 0) is 54.2 Å². The Kier molecular flexibility index (Phi) is 5.96. The van der Waals surface area contributed by atoms with Crippen LogP contribution in [0.1, 0.15) is 30.4 Å². The molecule has 2 aromatic rings. The van der Waals surface area contributed by atoms with Crippen LogP contribution in [0.2, 0.25) is 0 Å². The molecule has 0 saturated carbocycles. The van der Waals surface area contributed by atoms with E-state index in [1.807, 2.05) is 6.92 Å². The number of hydrogen-bond donors (Lipinski definition) is 0. The Hall–Kier alpha value is -1.08. The van der Waals surface area contributed by atoms with Crippen LogP contribution in [0, 0.1) is 0 Å². The summed E-state index contributed by atoms with van der Waals surface area (Å²) in [4.78, 5) is 0.164. The first-order chi connectivity index (χ1) is 11.1. The smallest absolute Gasteiger partial charge is 0.207 e. The second-order valence-corrected chi connectivity index (χ2v) is 10.7. The highest BCUT2D eigenvalue weighted by Gasteiger charge is 2.12. The van der Waals surface area contributed by atoms with E-state index in [9.17, 15) is 16.8 Å². The van der Waals surface area contributed by atoms with Gasteiger partial charge in [-0.3, -0.25) is 0 Å². The third kappa shape index (κ3) is 5.21. The number of halogens is 2. The summed E-state index contributed by atoms with van der Waals surface area (Å²) in [7, 11) is 3.18. The van der Waals surface area contributed by atoms with Crippen LogP contribution in [0.3, 0.4) is 0 Å². The van der Waals surface area contributed by atoms with Crippen LogP contribution in [0.5, 0.6) is 0 Å². The van der Waals surface area contributed by atoms with Crippen molar-refractivity contribution in [1.82, 2.24) is 0 Å². The third-order valence-corrected chi connectivity index (χ3v) is 6.54. The van der Waals surface area contributed by atoms with Crippen LogP contribution < -0.4 is 0 Å². The summed E-state index contributed by atoms with van der Waals surface area (Å²) in [5.41, 5.74) is 2.02. The molecule has 0 saturated heterocycles. The highest BCUT2D eigenvalue weighted by atomic mass is 35.7. The van der Waals surface area contributed by atoms with Crippen molar-refractivity contribution in [3.8, 4) is 0 Å². The van der Waals surface area contributed by atoms with Gasteiger partial charge < -0.3 is 0 Å². The van der Waals surface area contributed by atoms with Gasteiger partial charge in [0.15, 0.2) is 0 Å². The van der Waals surface area contributed by atoms with Gasteiger partial charge >= 0.3 is 0 Å². The molecular weight excluding hydrogens is 391 g/mol. The average Bonchev–Trinajstić information content (AvgIpc) is 2.51. The SMILES string of the molecule is CC(CCc1ccc(S(=O)(=O)Cl)cc1)c1ccc(S(=O)(=O)Cl)cc1. The van der Waals surface area contributed by atoms with E-state index in [1.165, 1.54) is 24.3 Å². The number of hydrogen-bond acceptors (Lipinski definition) is 4. The second-order valence-electron chi connectivity index (χ2n) is 5.53. The molecule has 130 valence electrons. The quantitative estimate of drug-likeness (QED) is 0.671. The summed E-state index contributed by atoms with van der Waals surface area (Å²) < 4.78 is 44.9. The molecule has 0 aliphatic carbocycles. The van der Waals surface area contributed by atoms with Crippen molar-refractivity contribution < 1.29 is 16.8 Å². The molecule has 0 radical (unpaired) electrons. The van der Waals surface area contributed by atoms with Gasteiger partial charge in [-0.2, -0.15) is 0 Å². The Balaban J connectivity index is 2.01. The van der Waals surface area contributed by atoms with Gasteiger partial charge in [0.1, 0.15) is 0 Å². The fourth-order valence-electron chi connectivity index (χ4n) is 2.33. The van der Waals surface area contributed by atoms with E-state index in [0.29, 0.717) is 0 Å². The van der Waals surface area contributed by atoms with Crippen LogP contribution in [-0.4, -0.2) is 16.8 Å². The van der Waals surface area contributed by atoms with Crippen LogP contribution >= 0.6 is 21.4 Å². The highest BCUT2D eigenvalue weighted by Crippen LogP contribution is 2.24. The Morgan fingerprint density at radius 1 is 0.792 bits per heavy atom. The topological polar surface area (TPSA) is 68.3 Å². The van der Waals surface area contributed by atoms with Gasteiger partial charge in [-0.1, -0.05) is 31.2 Å². The number of rotatable bonds is 6. The van der Waals surface area contributed by atoms with E-state index in [1.54, 1.807) is 24.3 Å². The monoisotopic (exact) mass is 406 g/mol. The van der Waals surface area contributed by atoms with E-state index in [4.69, 9.17) is 21.4 Å². The molecule has 0 aromatic heterocycles. The molecule has 0 spiro atoms. The molecule has 1 atom stereocenters. The maximum absolute atomic E-state index is 11.2. The Bertz CT molecular complexity index is 904. The molecular formula is C16H16Cl2O4S2. The van der Waals surface area contributed by atoms with Crippen LogP contribution in [0.15, 0.2) is 58.3 Å². The lowest BCUT2D eigenvalue weighted by Crippen LogP contribution is -1.98. The molecule has 0 N–H and O–H groups in total. The number of aryl methyl sites for hydroxylation is 1. The summed E-state index contributed by atoms with van der Waals surface area (Å²) >= 11 is 0. The Morgan fingerprint density at radius 2 is 1.21 bits per heavy atom. The van der Waals surface area contributed by atoms with E-state index >= 15 is 0 Å². The summed E-state index contributed by atoms with van der Waals surface area (Å²) in [6.07, 6.45) is 1.60. The van der Waals surface area contributed by atoms with Gasteiger partial charge in [-0.15, -0.1) is 0 Å². The minimum Gasteiger partial charge on any atom is -0.207 e. The summed E-state index contributed by atoms with van der Waals surface area (Å²) in [6.45, 7) is 2.04. The maximum atomic E-state index is 11.2. The molecule has 2 aromatic carbocycles. The molecule has 0 aliphatic heterocycles. The first kappa shape index (κ1) is 19.2. The fraction of sp³-hybridized carbons (Fsp3) is 0.250. The van der Waals surface area contributed by atoms with Crippen molar-refractivity contribution in [2.24, 2.45) is 0 Å². The van der Waals surface area contributed by atoms with Gasteiger partial charge in [0.2, 0.25) is 0 Å². The Labute approximate surface area is 151 Å². The lowest BCUT2D eigenvalue weighted by molar-refractivity contribution is 0.608. The molecule has 0 aliphatic rings. The minimum atomic E-state index is -3.70. The average molecular weight is 407 g/mol. The fourth-order valence-corrected chi connectivity index (χ4v) is 3.87. The predicted molar refractivity (Wildman–Crippen MR) is 95.7 cm³/mol. The minimum absolute atomic E-state index is 0.0815. The van der Waals surface area contributed by atoms with Gasteiger partial charge in [0.05, 0.1) is 9.79 Å². The third-order valence-electron chi connectivity index (χ3n) is 3.80. The van der Waals surface area contributed by atoms with Crippen molar-refractivity contribution in [3.63, 3.8) is 0 Å². The maximum Gasteiger partial charge on any atom is 0.261 e. The first-order valence-electron chi connectivity index (χ1n) is 7.15. The summed E-state index contributed by atoms with van der Waals surface area (Å²) in [6, 6.07) is 13.0. The zero-order valence-corrected chi connectivity index (χ0v) is 16.0.